The Bertz CT molecular complexity index is 2440. The summed E-state index contributed by atoms with van der Waals surface area (Å²) in [6, 6.07) is 14.5. The fraction of sp³-hybridized carbons (Fsp3) is 0.451. The number of fused-ring (bicyclic) bond motifs is 7. The average molecular weight is 905 g/mol. The van der Waals surface area contributed by atoms with E-state index >= 15 is 0 Å². The Morgan fingerprint density at radius 1 is 1.00 bits per heavy atom. The van der Waals surface area contributed by atoms with Crippen molar-refractivity contribution in [2.24, 2.45) is 33.2 Å². The fourth-order valence-corrected chi connectivity index (χ4v) is 13.3. The second-order valence-electron chi connectivity index (χ2n) is 18.2. The monoisotopic (exact) mass is 904 g/mol. The van der Waals surface area contributed by atoms with Gasteiger partial charge in [-0.25, -0.2) is 0 Å². The van der Waals surface area contributed by atoms with E-state index in [0.717, 1.165) is 59.9 Å². The number of benzene rings is 3. The molecule has 5 aliphatic rings. The number of aryl methyl sites for hydroxylation is 1. The lowest BCUT2D eigenvalue weighted by atomic mass is 9.62. The third-order valence-corrected chi connectivity index (χ3v) is 16.6. The molecule has 64 heavy (non-hydrogen) atoms. The normalized spacial score (nSPS) is 27.0. The van der Waals surface area contributed by atoms with Gasteiger partial charge in [0.15, 0.2) is 17.3 Å². The number of allylic oxidation sites excluding steroid dienone is 5. The summed E-state index contributed by atoms with van der Waals surface area (Å²) < 4.78 is 6.13. The molecule has 0 saturated heterocycles. The number of ketones is 1. The van der Waals surface area contributed by atoms with E-state index in [0.29, 0.717) is 71.8 Å². The Morgan fingerprint density at radius 3 is 2.62 bits per heavy atom. The molecule has 338 valence electrons. The number of hydrogen-bond donors (Lipinski definition) is 7. The standard InChI is InChI=1S/C51H59N3O8S2/c52-49(53)40-23-33-3-1-6-43-38(15-19-54-43)46(60)25-41-39(33)24-34(40)28-63-64-30-51-17-13-35(4-2-5-37(57)27-55)50(29-51,26-48(51)61)18-14-36(56)10-7-31-9-12-45(59)47(22-31)62-20-16-32-8-11-44(58)42(41)21-32/h8-9,11-12,14-15,18-19,21-24,35,37,41,48-49,55,57-61H,2,4-7,10,13,16-17,20,25-30,52-53H2/p-1/b18-14+,46-38?/t35-,37-,41+,48-,50+,51+/m0/s1. The van der Waals surface area contributed by atoms with Gasteiger partial charge in [0.05, 0.1) is 43.7 Å². The van der Waals surface area contributed by atoms with Crippen molar-refractivity contribution in [2.75, 3.05) is 19.0 Å². The molecular formula is C51H58N3O8S2-. The van der Waals surface area contributed by atoms with Crippen LogP contribution in [0.4, 0.5) is 0 Å². The third-order valence-electron chi connectivity index (χ3n) is 14.1. The molecule has 0 aromatic heterocycles. The number of carbonyl (C=O) groups is 1. The summed E-state index contributed by atoms with van der Waals surface area (Å²) >= 11 is 0. The molecule has 0 unspecified atom stereocenters. The van der Waals surface area contributed by atoms with E-state index in [-0.39, 0.29) is 60.4 Å². The molecule has 8 bridgehead atoms. The van der Waals surface area contributed by atoms with Gasteiger partial charge in [0, 0.05) is 53.0 Å². The van der Waals surface area contributed by atoms with Crippen molar-refractivity contribution in [1.29, 1.82) is 0 Å². The van der Waals surface area contributed by atoms with Crippen molar-refractivity contribution in [3.8, 4) is 29.1 Å². The number of aliphatic imine (C=N–C) groups is 1. The molecule has 9 N–H and O–H groups in total. The van der Waals surface area contributed by atoms with Crippen LogP contribution in [-0.4, -0.2) is 68.2 Å². The summed E-state index contributed by atoms with van der Waals surface area (Å²) in [5.41, 5.74) is 18.6. The van der Waals surface area contributed by atoms with E-state index in [1.807, 2.05) is 24.3 Å². The molecule has 8 rings (SSSR count). The summed E-state index contributed by atoms with van der Waals surface area (Å²) in [5, 5.41) is 68.0. The molecule has 13 heteroatoms. The zero-order valence-electron chi connectivity index (χ0n) is 36.0. The van der Waals surface area contributed by atoms with Crippen molar-refractivity contribution in [1.82, 2.24) is 0 Å². The Kier molecular flexibility index (Phi) is 14.3. The summed E-state index contributed by atoms with van der Waals surface area (Å²) in [5.74, 6) is 7.63. The summed E-state index contributed by atoms with van der Waals surface area (Å²) in [4.78, 5) is 18.0. The lowest BCUT2D eigenvalue weighted by molar-refractivity contribution is -0.307. The average Bonchev–Trinajstić information content (AvgIpc) is 3.84. The number of hydrogen-bond acceptors (Lipinski definition) is 13. The second-order valence-corrected chi connectivity index (χ2v) is 20.7. The van der Waals surface area contributed by atoms with E-state index in [2.05, 4.69) is 22.9 Å². The van der Waals surface area contributed by atoms with Crippen LogP contribution in [-0.2, 0) is 23.4 Å². The topological polar surface area (TPSA) is 215 Å². The first-order valence-electron chi connectivity index (χ1n) is 22.4. The minimum absolute atomic E-state index is 0.0150. The van der Waals surface area contributed by atoms with Crippen LogP contribution in [0.1, 0.15) is 115 Å². The van der Waals surface area contributed by atoms with Gasteiger partial charge in [-0.05, 0) is 133 Å². The molecule has 3 aliphatic carbocycles. The first-order valence-corrected chi connectivity index (χ1v) is 24.9. The summed E-state index contributed by atoms with van der Waals surface area (Å²) in [7, 11) is 3.37. The van der Waals surface area contributed by atoms with Gasteiger partial charge in [0.2, 0.25) is 0 Å². The Morgan fingerprint density at radius 2 is 1.81 bits per heavy atom. The highest BCUT2D eigenvalue weighted by molar-refractivity contribution is 8.76. The van der Waals surface area contributed by atoms with E-state index in [1.54, 1.807) is 64.2 Å². The van der Waals surface area contributed by atoms with Crippen LogP contribution in [0.5, 0.6) is 17.2 Å². The zero-order valence-corrected chi connectivity index (χ0v) is 37.6. The number of phenols is 2. The number of ether oxygens (including phenoxy) is 1. The molecule has 6 atom stereocenters. The Hall–Kier alpha value is -4.52. The van der Waals surface area contributed by atoms with Gasteiger partial charge in [-0.15, -0.1) is 5.76 Å². The number of aromatic hydroxyl groups is 2. The van der Waals surface area contributed by atoms with Crippen molar-refractivity contribution < 1.29 is 40.2 Å². The molecule has 3 aromatic rings. The minimum Gasteiger partial charge on any atom is -0.875 e. The van der Waals surface area contributed by atoms with Crippen molar-refractivity contribution in [3.05, 3.63) is 123 Å². The molecule has 2 saturated carbocycles. The molecule has 2 aliphatic heterocycles. The first-order chi connectivity index (χ1) is 30.9. The lowest BCUT2D eigenvalue weighted by Crippen LogP contribution is -2.38. The van der Waals surface area contributed by atoms with Crippen molar-refractivity contribution in [3.63, 3.8) is 0 Å². The molecule has 0 spiro atoms. The minimum atomic E-state index is -0.807. The summed E-state index contributed by atoms with van der Waals surface area (Å²) in [6.07, 6.45) is 11.5. The van der Waals surface area contributed by atoms with Crippen LogP contribution in [0.2, 0.25) is 0 Å². The predicted octanol–water partition coefficient (Wildman–Crippen LogP) is 6.51. The van der Waals surface area contributed by atoms with E-state index in [4.69, 9.17) is 16.2 Å². The smallest absolute Gasteiger partial charge is 0.161 e. The highest BCUT2D eigenvalue weighted by Crippen LogP contribution is 2.64. The Labute approximate surface area is 383 Å². The lowest BCUT2D eigenvalue weighted by Gasteiger charge is -2.44. The number of nitrogens with two attached hydrogens (primary N) is 2. The highest BCUT2D eigenvalue weighted by Gasteiger charge is 2.58. The van der Waals surface area contributed by atoms with Crippen LogP contribution in [0.25, 0.3) is 0 Å². The van der Waals surface area contributed by atoms with Gasteiger partial charge < -0.3 is 46.8 Å². The van der Waals surface area contributed by atoms with E-state index < -0.39 is 29.7 Å². The SMILES string of the molecule is NC(N)c1cc2c3cc1CSSC[C@]14CC[C@H](CCC[C@H](O)CO)[C@](/C=C/C(=O)CCc5ccc(O)c(c5)OCCc5ccc(O)c(c5)[C@@H]3CC([O-])=C3C=CN=C3CC#C2)(C[C@@H]1O)C4. The number of rotatable bonds is 6. The van der Waals surface area contributed by atoms with Crippen molar-refractivity contribution in [2.45, 2.75) is 107 Å². The summed E-state index contributed by atoms with van der Waals surface area (Å²) in [6.45, 7) is -0.0667. The fourth-order valence-electron chi connectivity index (χ4n) is 10.5. The molecule has 0 amide bonds. The van der Waals surface area contributed by atoms with E-state index in [1.165, 1.54) is 0 Å². The zero-order chi connectivity index (χ0) is 45.0. The van der Waals surface area contributed by atoms with Gasteiger partial charge >= 0.3 is 0 Å². The highest BCUT2D eigenvalue weighted by atomic mass is 33.1. The number of nitrogens with zero attached hydrogens (tertiary/aromatic N) is 1. The largest absolute Gasteiger partial charge is 0.875 e. The molecule has 0 radical (unpaired) electrons. The number of phenolic OH excluding ortho intramolecular Hbond substituents is 2. The van der Waals surface area contributed by atoms with Crippen LogP contribution in [0.3, 0.4) is 0 Å². The van der Waals surface area contributed by atoms with E-state index in [9.17, 15) is 35.4 Å². The molecule has 2 fully saturated rings. The molecular weight excluding hydrogens is 847 g/mol. The van der Waals surface area contributed by atoms with Crippen LogP contribution >= 0.6 is 21.6 Å². The van der Waals surface area contributed by atoms with Gasteiger partial charge in [0.25, 0.3) is 0 Å². The van der Waals surface area contributed by atoms with Gasteiger partial charge in [-0.3, -0.25) is 9.79 Å². The molecule has 11 nitrogen and oxygen atoms in total. The maximum absolute atomic E-state index is 14.2. The Balaban J connectivity index is 1.17. The van der Waals surface area contributed by atoms with Crippen LogP contribution < -0.4 is 21.3 Å². The van der Waals surface area contributed by atoms with Crippen LogP contribution in [0, 0.1) is 28.6 Å². The van der Waals surface area contributed by atoms with Gasteiger partial charge in [0.1, 0.15) is 5.75 Å². The van der Waals surface area contributed by atoms with Gasteiger partial charge in [-0.1, -0.05) is 70.2 Å². The quantitative estimate of drug-likeness (QED) is 0.0802. The predicted molar refractivity (Wildman–Crippen MR) is 251 cm³/mol. The maximum Gasteiger partial charge on any atom is 0.161 e. The molecule has 2 heterocycles. The molecule has 3 aromatic carbocycles. The number of aliphatic hydroxyl groups is 3. The number of carbonyl (C=O) groups excluding carboxylic acids is 1. The van der Waals surface area contributed by atoms with Crippen molar-refractivity contribution >= 4 is 33.1 Å². The van der Waals surface area contributed by atoms with Crippen LogP contribution in [0.15, 0.2) is 89.3 Å². The maximum atomic E-state index is 14.2. The third kappa shape index (κ3) is 9.99. The second kappa shape index (κ2) is 19.9. The van der Waals surface area contributed by atoms with Gasteiger partial charge in [-0.2, -0.15) is 0 Å². The number of aliphatic hydroxyl groups excluding tert-OH is 3. The first kappa shape index (κ1) is 46.0.